The van der Waals surface area contributed by atoms with Crippen LogP contribution in [0.5, 0.6) is 0 Å². The lowest BCUT2D eigenvalue weighted by Gasteiger charge is -2.42. The van der Waals surface area contributed by atoms with E-state index in [0.29, 0.717) is 17.5 Å². The van der Waals surface area contributed by atoms with Crippen LogP contribution in [0.15, 0.2) is 24.3 Å². The second kappa shape index (κ2) is 6.49. The Morgan fingerprint density at radius 3 is 2.55 bits per heavy atom. The molecular weight excluding hydrogens is 266 g/mol. The molecule has 0 heterocycles. The molecule has 1 aliphatic rings. The lowest BCUT2D eigenvalue weighted by atomic mass is 9.69. The molecule has 0 spiro atoms. The third kappa shape index (κ3) is 3.99. The highest BCUT2D eigenvalue weighted by Gasteiger charge is 2.34. The van der Waals surface area contributed by atoms with Crippen molar-refractivity contribution in [3.8, 4) is 0 Å². The summed E-state index contributed by atoms with van der Waals surface area (Å²) >= 11 is 6.11. The summed E-state index contributed by atoms with van der Waals surface area (Å²) in [6, 6.07) is 9.21. The predicted octanol–water partition coefficient (Wildman–Crippen LogP) is 5.60. The average Bonchev–Trinajstić information content (AvgIpc) is 2.38. The normalized spacial score (nSPS) is 25.4. The van der Waals surface area contributed by atoms with Crippen LogP contribution in [-0.4, -0.2) is 6.04 Å². The first-order chi connectivity index (χ1) is 9.38. The molecule has 0 aromatic heterocycles. The Kier molecular flexibility index (Phi) is 5.14. The second-order valence-electron chi connectivity index (χ2n) is 7.31. The van der Waals surface area contributed by atoms with Crippen molar-refractivity contribution in [3.63, 3.8) is 0 Å². The number of hydrogen-bond donors (Lipinski definition) is 1. The standard InChI is InChI=1S/C18H28ClN/c1-13(14-8-7-9-15(19)12-14)20-17-11-6-5-10-16(17)18(2,3)4/h7-9,12-13,16-17,20H,5-6,10-11H2,1-4H3/t13-,16?,17?/m1/s1. The molecule has 0 saturated heterocycles. The Labute approximate surface area is 129 Å². The fraction of sp³-hybridized carbons (Fsp3) is 0.667. The summed E-state index contributed by atoms with van der Waals surface area (Å²) in [4.78, 5) is 0. The maximum atomic E-state index is 6.11. The highest BCUT2D eigenvalue weighted by Crippen LogP contribution is 2.38. The van der Waals surface area contributed by atoms with E-state index in [4.69, 9.17) is 11.6 Å². The van der Waals surface area contributed by atoms with E-state index in [-0.39, 0.29) is 0 Å². The molecule has 1 N–H and O–H groups in total. The largest absolute Gasteiger partial charge is 0.307 e. The van der Waals surface area contributed by atoms with Crippen LogP contribution in [0, 0.1) is 11.3 Å². The van der Waals surface area contributed by atoms with Crippen LogP contribution in [0.4, 0.5) is 0 Å². The van der Waals surface area contributed by atoms with E-state index in [9.17, 15) is 0 Å². The highest BCUT2D eigenvalue weighted by molar-refractivity contribution is 6.30. The van der Waals surface area contributed by atoms with Crippen LogP contribution in [0.3, 0.4) is 0 Å². The van der Waals surface area contributed by atoms with Crippen molar-refractivity contribution in [2.45, 2.75) is 65.5 Å². The molecule has 1 aromatic carbocycles. The van der Waals surface area contributed by atoms with Crippen molar-refractivity contribution in [2.75, 3.05) is 0 Å². The van der Waals surface area contributed by atoms with Crippen LogP contribution < -0.4 is 5.32 Å². The molecule has 1 saturated carbocycles. The van der Waals surface area contributed by atoms with Gasteiger partial charge in [0.1, 0.15) is 0 Å². The van der Waals surface area contributed by atoms with Crippen LogP contribution in [0.2, 0.25) is 5.02 Å². The van der Waals surface area contributed by atoms with E-state index in [1.54, 1.807) is 0 Å². The number of nitrogens with one attached hydrogen (secondary N) is 1. The Balaban J connectivity index is 2.07. The summed E-state index contributed by atoms with van der Waals surface area (Å²) in [5.41, 5.74) is 1.67. The van der Waals surface area contributed by atoms with Crippen molar-refractivity contribution in [3.05, 3.63) is 34.9 Å². The molecule has 0 amide bonds. The minimum atomic E-state index is 0.363. The van der Waals surface area contributed by atoms with Gasteiger partial charge in [-0.05, 0) is 48.8 Å². The molecule has 0 bridgehead atoms. The highest BCUT2D eigenvalue weighted by atomic mass is 35.5. The van der Waals surface area contributed by atoms with Crippen molar-refractivity contribution in [1.29, 1.82) is 0 Å². The lowest BCUT2D eigenvalue weighted by Crippen LogP contribution is -2.45. The Hall–Kier alpha value is -0.530. The van der Waals surface area contributed by atoms with Gasteiger partial charge < -0.3 is 5.32 Å². The number of hydrogen-bond acceptors (Lipinski definition) is 1. The molecule has 3 atom stereocenters. The SMILES string of the molecule is C[C@@H](NC1CCCCC1C(C)(C)C)c1cccc(Cl)c1. The number of benzene rings is 1. The molecule has 1 aromatic rings. The van der Waals surface area contributed by atoms with Crippen molar-refractivity contribution < 1.29 is 0 Å². The maximum Gasteiger partial charge on any atom is 0.0409 e. The zero-order valence-corrected chi connectivity index (χ0v) is 14.0. The van der Waals surface area contributed by atoms with Gasteiger partial charge in [-0.2, -0.15) is 0 Å². The van der Waals surface area contributed by atoms with Gasteiger partial charge in [0.2, 0.25) is 0 Å². The van der Waals surface area contributed by atoms with Crippen molar-refractivity contribution in [1.82, 2.24) is 5.32 Å². The van der Waals surface area contributed by atoms with Gasteiger partial charge in [-0.1, -0.05) is 57.3 Å². The summed E-state index contributed by atoms with van der Waals surface area (Å²) in [6.45, 7) is 9.38. The first kappa shape index (κ1) is 15.9. The van der Waals surface area contributed by atoms with E-state index in [1.807, 2.05) is 12.1 Å². The van der Waals surface area contributed by atoms with E-state index >= 15 is 0 Å². The summed E-state index contributed by atoms with van der Waals surface area (Å²) in [7, 11) is 0. The van der Waals surface area contributed by atoms with Gasteiger partial charge in [0, 0.05) is 17.1 Å². The molecule has 0 aliphatic heterocycles. The van der Waals surface area contributed by atoms with Crippen molar-refractivity contribution >= 4 is 11.6 Å². The summed E-state index contributed by atoms with van der Waals surface area (Å²) in [6.07, 6.45) is 5.38. The zero-order valence-electron chi connectivity index (χ0n) is 13.2. The number of rotatable bonds is 3. The first-order valence-electron chi connectivity index (χ1n) is 7.89. The van der Waals surface area contributed by atoms with Crippen LogP contribution in [0.25, 0.3) is 0 Å². The maximum absolute atomic E-state index is 6.11. The molecule has 1 aliphatic carbocycles. The second-order valence-corrected chi connectivity index (χ2v) is 7.74. The number of halogens is 1. The van der Waals surface area contributed by atoms with Crippen LogP contribution in [-0.2, 0) is 0 Å². The fourth-order valence-electron chi connectivity index (χ4n) is 3.56. The lowest BCUT2D eigenvalue weighted by molar-refractivity contribution is 0.124. The molecule has 0 radical (unpaired) electrons. The van der Waals surface area contributed by atoms with Gasteiger partial charge in [-0.15, -0.1) is 0 Å². The first-order valence-corrected chi connectivity index (χ1v) is 8.27. The summed E-state index contributed by atoms with van der Waals surface area (Å²) in [5.74, 6) is 0.762. The van der Waals surface area contributed by atoms with E-state index in [1.165, 1.54) is 31.2 Å². The average molecular weight is 294 g/mol. The van der Waals surface area contributed by atoms with Gasteiger partial charge in [0.05, 0.1) is 0 Å². The topological polar surface area (TPSA) is 12.0 Å². The third-order valence-corrected chi connectivity index (χ3v) is 4.93. The minimum absolute atomic E-state index is 0.363. The monoisotopic (exact) mass is 293 g/mol. The Morgan fingerprint density at radius 2 is 1.90 bits per heavy atom. The van der Waals surface area contributed by atoms with Gasteiger partial charge >= 0.3 is 0 Å². The molecule has 20 heavy (non-hydrogen) atoms. The predicted molar refractivity (Wildman–Crippen MR) is 88.2 cm³/mol. The molecule has 112 valence electrons. The van der Waals surface area contributed by atoms with E-state index in [2.05, 4.69) is 45.1 Å². The molecule has 1 nitrogen and oxygen atoms in total. The smallest absolute Gasteiger partial charge is 0.0409 e. The molecular formula is C18H28ClN. The van der Waals surface area contributed by atoms with Gasteiger partial charge in [-0.25, -0.2) is 0 Å². The zero-order chi connectivity index (χ0) is 14.8. The van der Waals surface area contributed by atoms with Gasteiger partial charge in [0.15, 0.2) is 0 Å². The summed E-state index contributed by atoms with van der Waals surface area (Å²) < 4.78 is 0. The van der Waals surface area contributed by atoms with E-state index < -0.39 is 0 Å². The molecule has 2 rings (SSSR count). The quantitative estimate of drug-likeness (QED) is 0.765. The molecule has 2 heteroatoms. The molecule has 2 unspecified atom stereocenters. The Morgan fingerprint density at radius 1 is 1.20 bits per heavy atom. The van der Waals surface area contributed by atoms with Crippen LogP contribution in [0.1, 0.15) is 65.0 Å². The van der Waals surface area contributed by atoms with Gasteiger partial charge in [-0.3, -0.25) is 0 Å². The molecule has 1 fully saturated rings. The third-order valence-electron chi connectivity index (χ3n) is 4.69. The summed E-state index contributed by atoms with van der Waals surface area (Å²) in [5, 5.41) is 4.69. The van der Waals surface area contributed by atoms with Gasteiger partial charge in [0.25, 0.3) is 0 Å². The van der Waals surface area contributed by atoms with E-state index in [0.717, 1.165) is 10.9 Å². The minimum Gasteiger partial charge on any atom is -0.307 e. The fourth-order valence-corrected chi connectivity index (χ4v) is 3.76. The Bertz CT molecular complexity index is 435. The van der Waals surface area contributed by atoms with Crippen LogP contribution >= 0.6 is 11.6 Å². The van der Waals surface area contributed by atoms with Crippen molar-refractivity contribution in [2.24, 2.45) is 11.3 Å².